The molecule has 1 N–H and O–H groups in total. The molecule has 23 heavy (non-hydrogen) atoms. The van der Waals surface area contributed by atoms with Crippen LogP contribution in [0.2, 0.25) is 10.0 Å². The fourth-order valence-corrected chi connectivity index (χ4v) is 2.61. The van der Waals surface area contributed by atoms with Gasteiger partial charge in [0.15, 0.2) is 11.5 Å². The molecule has 3 aromatic rings. The second kappa shape index (κ2) is 6.69. The first-order valence-corrected chi connectivity index (χ1v) is 8.04. The normalized spacial score (nSPS) is 11.0. The van der Waals surface area contributed by atoms with Crippen LogP contribution in [-0.2, 0) is 0 Å². The molecule has 0 aliphatic carbocycles. The highest BCUT2D eigenvalue weighted by molar-refractivity contribution is 6.42. The summed E-state index contributed by atoms with van der Waals surface area (Å²) in [4.78, 5) is 7.82. The summed E-state index contributed by atoms with van der Waals surface area (Å²) in [7, 11) is 1.62. The zero-order chi connectivity index (χ0) is 16.4. The van der Waals surface area contributed by atoms with Gasteiger partial charge in [-0.05, 0) is 36.8 Å². The van der Waals surface area contributed by atoms with E-state index in [2.05, 4.69) is 16.9 Å². The van der Waals surface area contributed by atoms with Crippen molar-refractivity contribution < 1.29 is 9.47 Å². The zero-order valence-electron chi connectivity index (χ0n) is 12.8. The average molecular weight is 351 g/mol. The molecule has 1 heterocycles. The number of rotatable bonds is 5. The van der Waals surface area contributed by atoms with Crippen LogP contribution in [0.4, 0.5) is 0 Å². The molecule has 0 fully saturated rings. The lowest BCUT2D eigenvalue weighted by atomic mass is 10.2. The first-order chi connectivity index (χ1) is 11.1. The summed E-state index contributed by atoms with van der Waals surface area (Å²) >= 11 is 12.1. The quantitative estimate of drug-likeness (QED) is 0.675. The summed E-state index contributed by atoms with van der Waals surface area (Å²) in [6.07, 6.45) is 0.926. The van der Waals surface area contributed by atoms with E-state index in [4.69, 9.17) is 32.7 Å². The molecule has 2 aromatic carbocycles. The Morgan fingerprint density at radius 3 is 2.61 bits per heavy atom. The average Bonchev–Trinajstić information content (AvgIpc) is 2.95. The van der Waals surface area contributed by atoms with Crippen molar-refractivity contribution in [1.82, 2.24) is 9.97 Å². The van der Waals surface area contributed by atoms with Gasteiger partial charge in [-0.2, -0.15) is 0 Å². The Morgan fingerprint density at radius 2 is 1.87 bits per heavy atom. The number of ether oxygens (including phenoxy) is 2. The molecule has 120 valence electrons. The molecule has 1 aromatic heterocycles. The third kappa shape index (κ3) is 3.23. The molecule has 6 heteroatoms. The largest absolute Gasteiger partial charge is 0.493 e. The molecule has 3 rings (SSSR count). The monoisotopic (exact) mass is 350 g/mol. The molecule has 0 atom stereocenters. The van der Waals surface area contributed by atoms with E-state index in [9.17, 15) is 0 Å². The van der Waals surface area contributed by atoms with Crippen LogP contribution in [0.15, 0.2) is 30.3 Å². The number of nitrogens with one attached hydrogen (secondary N) is 1. The standard InChI is InChI=1S/C17H16Cl2N2O2/c1-3-6-23-16-7-10(4-5-15(16)22-2)17-20-13-8-11(18)12(19)9-14(13)21-17/h4-5,7-9H,3,6H2,1-2H3,(H,20,21). The van der Waals surface area contributed by atoms with Crippen LogP contribution >= 0.6 is 23.2 Å². The SMILES string of the molecule is CCCOc1cc(-c2nc3cc(Cl)c(Cl)cc3[nH]2)ccc1OC. The fourth-order valence-electron chi connectivity index (χ4n) is 2.29. The highest BCUT2D eigenvalue weighted by atomic mass is 35.5. The van der Waals surface area contributed by atoms with E-state index < -0.39 is 0 Å². The van der Waals surface area contributed by atoms with Gasteiger partial charge in [-0.1, -0.05) is 30.1 Å². The lowest BCUT2D eigenvalue weighted by Crippen LogP contribution is -1.98. The van der Waals surface area contributed by atoms with Gasteiger partial charge in [0.25, 0.3) is 0 Å². The molecule has 0 aliphatic heterocycles. The van der Waals surface area contributed by atoms with Crippen molar-refractivity contribution in [3.05, 3.63) is 40.4 Å². The first-order valence-electron chi connectivity index (χ1n) is 7.28. The molecule has 0 aliphatic rings. The van der Waals surface area contributed by atoms with Crippen molar-refractivity contribution in [2.45, 2.75) is 13.3 Å². The summed E-state index contributed by atoms with van der Waals surface area (Å²) in [5.41, 5.74) is 2.50. The van der Waals surface area contributed by atoms with Crippen LogP contribution in [-0.4, -0.2) is 23.7 Å². The van der Waals surface area contributed by atoms with Crippen LogP contribution in [0, 0.1) is 0 Å². The predicted molar refractivity (Wildman–Crippen MR) is 93.9 cm³/mol. The maximum absolute atomic E-state index is 6.05. The molecule has 0 unspecified atom stereocenters. The van der Waals surface area contributed by atoms with Crippen molar-refractivity contribution in [1.29, 1.82) is 0 Å². The zero-order valence-corrected chi connectivity index (χ0v) is 14.3. The summed E-state index contributed by atoms with van der Waals surface area (Å²) < 4.78 is 11.1. The number of benzene rings is 2. The van der Waals surface area contributed by atoms with E-state index >= 15 is 0 Å². The van der Waals surface area contributed by atoms with Crippen LogP contribution in [0.1, 0.15) is 13.3 Å². The molecule has 0 spiro atoms. The molecular formula is C17H16Cl2N2O2. The third-order valence-electron chi connectivity index (χ3n) is 3.42. The number of H-pyrrole nitrogens is 1. The minimum Gasteiger partial charge on any atom is -0.493 e. The van der Waals surface area contributed by atoms with Gasteiger partial charge in [0.05, 0.1) is 34.8 Å². The van der Waals surface area contributed by atoms with Gasteiger partial charge < -0.3 is 14.5 Å². The first kappa shape index (κ1) is 16.0. The smallest absolute Gasteiger partial charge is 0.161 e. The second-order valence-corrected chi connectivity index (χ2v) is 5.90. The molecule has 0 radical (unpaired) electrons. The van der Waals surface area contributed by atoms with Gasteiger partial charge in [-0.15, -0.1) is 0 Å². The number of fused-ring (bicyclic) bond motifs is 1. The van der Waals surface area contributed by atoms with E-state index in [0.29, 0.717) is 28.2 Å². The van der Waals surface area contributed by atoms with Crippen LogP contribution in [0.5, 0.6) is 11.5 Å². The lowest BCUT2D eigenvalue weighted by molar-refractivity contribution is 0.294. The van der Waals surface area contributed by atoms with Crippen LogP contribution in [0.25, 0.3) is 22.4 Å². The number of aromatic amines is 1. The minimum atomic E-state index is 0.485. The van der Waals surface area contributed by atoms with Gasteiger partial charge in [-0.25, -0.2) is 4.98 Å². The van der Waals surface area contributed by atoms with Crippen molar-refractivity contribution >= 4 is 34.2 Å². The molecule has 0 bridgehead atoms. The van der Waals surface area contributed by atoms with Crippen molar-refractivity contribution in [2.75, 3.05) is 13.7 Å². The molecule has 0 saturated heterocycles. The molecular weight excluding hydrogens is 335 g/mol. The number of nitrogens with zero attached hydrogens (tertiary/aromatic N) is 1. The molecule has 0 saturated carbocycles. The van der Waals surface area contributed by atoms with Crippen molar-refractivity contribution in [3.63, 3.8) is 0 Å². The van der Waals surface area contributed by atoms with Crippen molar-refractivity contribution in [3.8, 4) is 22.9 Å². The van der Waals surface area contributed by atoms with Crippen LogP contribution in [0.3, 0.4) is 0 Å². The number of hydrogen-bond acceptors (Lipinski definition) is 3. The van der Waals surface area contributed by atoms with E-state index in [0.717, 1.165) is 28.8 Å². The van der Waals surface area contributed by atoms with E-state index in [1.807, 2.05) is 18.2 Å². The Hall–Kier alpha value is -1.91. The Balaban J connectivity index is 2.03. The second-order valence-electron chi connectivity index (χ2n) is 5.08. The number of methoxy groups -OCH3 is 1. The van der Waals surface area contributed by atoms with Crippen molar-refractivity contribution in [2.24, 2.45) is 0 Å². The lowest BCUT2D eigenvalue weighted by Gasteiger charge is -2.11. The summed E-state index contributed by atoms with van der Waals surface area (Å²) in [6.45, 7) is 2.69. The highest BCUT2D eigenvalue weighted by Gasteiger charge is 2.11. The highest BCUT2D eigenvalue weighted by Crippen LogP contribution is 2.33. The van der Waals surface area contributed by atoms with Gasteiger partial charge >= 0.3 is 0 Å². The molecule has 0 amide bonds. The summed E-state index contributed by atoms with van der Waals surface area (Å²) in [5, 5.41) is 0.981. The number of aromatic nitrogens is 2. The Labute approximate surface area is 144 Å². The van der Waals surface area contributed by atoms with Gasteiger partial charge in [0, 0.05) is 5.56 Å². The Morgan fingerprint density at radius 1 is 1.09 bits per heavy atom. The minimum absolute atomic E-state index is 0.485. The van der Waals surface area contributed by atoms with E-state index in [-0.39, 0.29) is 0 Å². The maximum atomic E-state index is 6.05. The Kier molecular flexibility index (Phi) is 4.64. The third-order valence-corrected chi connectivity index (χ3v) is 4.14. The van der Waals surface area contributed by atoms with Gasteiger partial charge in [0.2, 0.25) is 0 Å². The number of hydrogen-bond donors (Lipinski definition) is 1. The predicted octanol–water partition coefficient (Wildman–Crippen LogP) is 5.33. The Bertz CT molecular complexity index is 807. The fraction of sp³-hybridized carbons (Fsp3) is 0.235. The van der Waals surface area contributed by atoms with Crippen LogP contribution < -0.4 is 9.47 Å². The number of imidazole rings is 1. The van der Waals surface area contributed by atoms with Gasteiger partial charge in [0.1, 0.15) is 5.82 Å². The van der Waals surface area contributed by atoms with E-state index in [1.54, 1.807) is 19.2 Å². The summed E-state index contributed by atoms with van der Waals surface area (Å²) in [5.74, 6) is 2.12. The van der Waals surface area contributed by atoms with E-state index in [1.165, 1.54) is 0 Å². The topological polar surface area (TPSA) is 47.1 Å². The number of halogens is 2. The summed E-state index contributed by atoms with van der Waals surface area (Å²) in [6, 6.07) is 9.23. The maximum Gasteiger partial charge on any atom is 0.161 e. The molecule has 4 nitrogen and oxygen atoms in total. The van der Waals surface area contributed by atoms with Gasteiger partial charge in [-0.3, -0.25) is 0 Å².